The van der Waals surface area contributed by atoms with Crippen LogP contribution in [0.15, 0.2) is 49.4 Å². The number of carbonyl (C=O) groups is 2. The van der Waals surface area contributed by atoms with Crippen LogP contribution in [0.2, 0.25) is 0 Å². The van der Waals surface area contributed by atoms with Crippen molar-refractivity contribution in [3.8, 4) is 11.1 Å². The summed E-state index contributed by atoms with van der Waals surface area (Å²) >= 11 is 0. The number of benzene rings is 1. The van der Waals surface area contributed by atoms with E-state index in [-0.39, 0.29) is 5.56 Å². The lowest BCUT2D eigenvalue weighted by atomic mass is 10.0. The number of aromatic nitrogens is 3. The summed E-state index contributed by atoms with van der Waals surface area (Å²) in [6.45, 7) is 9.50. The number of hydrogen-bond acceptors (Lipinski definition) is 6. The van der Waals surface area contributed by atoms with Crippen LogP contribution in [0.25, 0.3) is 22.2 Å². The highest BCUT2D eigenvalue weighted by molar-refractivity contribution is 6.01. The molecule has 1 amide bonds. The monoisotopic (exact) mass is 423 g/mol. The number of nitrogens with two attached hydrogens (primary N) is 1. The number of ether oxygens (including phenoxy) is 1. The van der Waals surface area contributed by atoms with Crippen molar-refractivity contribution in [1.29, 1.82) is 0 Å². The number of amides is 1. The highest BCUT2D eigenvalue weighted by atomic mass is 16.6. The fourth-order valence-electron chi connectivity index (χ4n) is 3.15. The van der Waals surface area contributed by atoms with Gasteiger partial charge in [-0.2, -0.15) is 0 Å². The zero-order chi connectivity index (χ0) is 22.8. The van der Waals surface area contributed by atoms with Crippen molar-refractivity contribution in [2.24, 2.45) is 0 Å². The van der Waals surface area contributed by atoms with Crippen molar-refractivity contribution in [3.63, 3.8) is 0 Å². The summed E-state index contributed by atoms with van der Waals surface area (Å²) in [7, 11) is 0. The van der Waals surface area contributed by atoms with E-state index in [4.69, 9.17) is 15.6 Å². The fraction of sp³-hybridized carbons (Fsp3) is 0.273. The van der Waals surface area contributed by atoms with Gasteiger partial charge in [0.05, 0.1) is 17.0 Å². The van der Waals surface area contributed by atoms with E-state index in [1.54, 1.807) is 39.0 Å². The summed E-state index contributed by atoms with van der Waals surface area (Å²) in [6, 6.07) is 6.04. The van der Waals surface area contributed by atoms with Crippen molar-refractivity contribution in [3.05, 3.63) is 55.0 Å². The van der Waals surface area contributed by atoms with Gasteiger partial charge in [0.2, 0.25) is 0 Å². The fourth-order valence-corrected chi connectivity index (χ4v) is 3.15. The number of nitrogens with zero attached hydrogens (tertiary/aromatic N) is 3. The summed E-state index contributed by atoms with van der Waals surface area (Å²) in [6.07, 6.45) is 4.28. The van der Waals surface area contributed by atoms with E-state index >= 15 is 0 Å². The van der Waals surface area contributed by atoms with Crippen LogP contribution in [-0.4, -0.2) is 43.3 Å². The standard InChI is InChI=1S/C22H25N5O4/c1-5-15(26-21(30)31-22(2,3)4)10-27-11-16(17-18(23)24-12-25-19(17)27)13-6-8-14(9-7-13)20(28)29/h5-9,11-12,15H,1,10H2,2-4H3,(H,26,30)(H,28,29)(H2,23,24,25)/t15-/m1/s1. The van der Waals surface area contributed by atoms with Crippen molar-refractivity contribution in [2.75, 3.05) is 5.73 Å². The summed E-state index contributed by atoms with van der Waals surface area (Å²) in [5.41, 5.74) is 7.81. The minimum atomic E-state index is -1.00. The van der Waals surface area contributed by atoms with E-state index in [0.717, 1.165) is 11.1 Å². The average Bonchev–Trinajstić information content (AvgIpc) is 3.06. The second-order valence-corrected chi connectivity index (χ2v) is 8.02. The third kappa shape index (κ3) is 5.00. The van der Waals surface area contributed by atoms with Gasteiger partial charge in [-0.1, -0.05) is 18.2 Å². The molecule has 0 radical (unpaired) electrons. The van der Waals surface area contributed by atoms with Gasteiger partial charge < -0.3 is 25.5 Å². The Bertz CT molecular complexity index is 1130. The largest absolute Gasteiger partial charge is 0.478 e. The summed E-state index contributed by atoms with van der Waals surface area (Å²) in [5.74, 6) is -0.699. The quantitative estimate of drug-likeness (QED) is 0.517. The molecular weight excluding hydrogens is 398 g/mol. The molecule has 0 fully saturated rings. The normalized spacial score (nSPS) is 12.4. The third-order valence-electron chi connectivity index (χ3n) is 4.51. The number of hydrogen-bond donors (Lipinski definition) is 3. The summed E-state index contributed by atoms with van der Waals surface area (Å²) < 4.78 is 7.16. The lowest BCUT2D eigenvalue weighted by Crippen LogP contribution is -2.40. The molecule has 0 saturated carbocycles. The van der Waals surface area contributed by atoms with Gasteiger partial charge in [0.15, 0.2) is 0 Å². The number of rotatable bonds is 6. The van der Waals surface area contributed by atoms with Crippen molar-refractivity contribution in [2.45, 2.75) is 39.0 Å². The molecule has 0 aliphatic carbocycles. The predicted octanol–water partition coefficient (Wildman–Crippen LogP) is 3.46. The summed E-state index contributed by atoms with van der Waals surface area (Å²) in [5, 5.41) is 12.6. The van der Waals surface area contributed by atoms with E-state index < -0.39 is 23.7 Å². The van der Waals surface area contributed by atoms with E-state index in [0.29, 0.717) is 23.4 Å². The first-order valence-electron chi connectivity index (χ1n) is 9.64. The number of carboxylic acids is 1. The van der Waals surface area contributed by atoms with E-state index in [9.17, 15) is 9.59 Å². The molecule has 0 bridgehead atoms. The molecule has 0 aliphatic heterocycles. The number of alkyl carbamates (subject to hydrolysis) is 1. The van der Waals surface area contributed by atoms with Gasteiger partial charge in [-0.15, -0.1) is 6.58 Å². The molecule has 1 aromatic carbocycles. The Kier molecular flexibility index (Phi) is 5.96. The number of anilines is 1. The molecule has 0 unspecified atom stereocenters. The molecular formula is C22H25N5O4. The van der Waals surface area contributed by atoms with Crippen LogP contribution in [0, 0.1) is 0 Å². The smallest absolute Gasteiger partial charge is 0.408 e. The van der Waals surface area contributed by atoms with Crippen LogP contribution >= 0.6 is 0 Å². The molecule has 2 aromatic heterocycles. The molecule has 0 spiro atoms. The van der Waals surface area contributed by atoms with Gasteiger partial charge in [-0.3, -0.25) is 0 Å². The second-order valence-electron chi connectivity index (χ2n) is 8.02. The molecule has 2 heterocycles. The van der Waals surface area contributed by atoms with Crippen molar-refractivity contribution >= 4 is 28.9 Å². The highest BCUT2D eigenvalue weighted by Gasteiger charge is 2.21. The molecule has 0 saturated heterocycles. The Morgan fingerprint density at radius 2 is 1.97 bits per heavy atom. The zero-order valence-corrected chi connectivity index (χ0v) is 17.6. The van der Waals surface area contributed by atoms with Crippen molar-refractivity contribution < 1.29 is 19.4 Å². The Labute approximate surface area is 179 Å². The third-order valence-corrected chi connectivity index (χ3v) is 4.51. The minimum Gasteiger partial charge on any atom is -0.478 e. The highest BCUT2D eigenvalue weighted by Crippen LogP contribution is 2.33. The number of fused-ring (bicyclic) bond motifs is 1. The van der Waals surface area contributed by atoms with Crippen LogP contribution in [0.3, 0.4) is 0 Å². The SMILES string of the molecule is C=C[C@H](Cn1cc(-c2ccc(C(=O)O)cc2)c2c(N)ncnc21)NC(=O)OC(C)(C)C. The number of carboxylic acid groups (broad SMARTS) is 1. The lowest BCUT2D eigenvalue weighted by molar-refractivity contribution is 0.0510. The van der Waals surface area contributed by atoms with E-state index in [1.165, 1.54) is 18.5 Å². The molecule has 162 valence electrons. The predicted molar refractivity (Wildman–Crippen MR) is 118 cm³/mol. The van der Waals surface area contributed by atoms with Gasteiger partial charge in [0, 0.05) is 18.3 Å². The number of nitrogen functional groups attached to an aromatic ring is 1. The van der Waals surface area contributed by atoms with Gasteiger partial charge in [-0.05, 0) is 38.5 Å². The molecule has 1 atom stereocenters. The topological polar surface area (TPSA) is 132 Å². The van der Waals surface area contributed by atoms with Gasteiger partial charge in [0.25, 0.3) is 0 Å². The van der Waals surface area contributed by atoms with Crippen LogP contribution in [0.1, 0.15) is 31.1 Å². The maximum atomic E-state index is 12.2. The van der Waals surface area contributed by atoms with Gasteiger partial charge in [0.1, 0.15) is 23.4 Å². The number of nitrogens with one attached hydrogen (secondary N) is 1. The Hall–Kier alpha value is -3.88. The van der Waals surface area contributed by atoms with Crippen molar-refractivity contribution in [1.82, 2.24) is 19.9 Å². The Balaban J connectivity index is 1.96. The Morgan fingerprint density at radius 1 is 1.29 bits per heavy atom. The number of carbonyl (C=O) groups excluding carboxylic acids is 1. The molecule has 4 N–H and O–H groups in total. The first kappa shape index (κ1) is 21.8. The average molecular weight is 423 g/mol. The van der Waals surface area contributed by atoms with Crippen LogP contribution in [-0.2, 0) is 11.3 Å². The molecule has 9 heteroatoms. The van der Waals surface area contributed by atoms with E-state index in [1.807, 2.05) is 10.8 Å². The molecule has 9 nitrogen and oxygen atoms in total. The lowest BCUT2D eigenvalue weighted by Gasteiger charge is -2.22. The molecule has 31 heavy (non-hydrogen) atoms. The van der Waals surface area contributed by atoms with E-state index in [2.05, 4.69) is 21.9 Å². The first-order valence-corrected chi connectivity index (χ1v) is 9.64. The maximum Gasteiger partial charge on any atom is 0.408 e. The Morgan fingerprint density at radius 3 is 2.55 bits per heavy atom. The minimum absolute atomic E-state index is 0.185. The molecule has 0 aliphatic rings. The van der Waals surface area contributed by atoms with Crippen LogP contribution in [0.5, 0.6) is 0 Å². The first-order chi connectivity index (χ1) is 14.6. The molecule has 3 aromatic rings. The summed E-state index contributed by atoms with van der Waals surface area (Å²) in [4.78, 5) is 31.8. The zero-order valence-electron chi connectivity index (χ0n) is 17.6. The maximum absolute atomic E-state index is 12.2. The van der Waals surface area contributed by atoms with Crippen LogP contribution < -0.4 is 11.1 Å². The number of aromatic carboxylic acids is 1. The van der Waals surface area contributed by atoms with Gasteiger partial charge in [-0.25, -0.2) is 19.6 Å². The van der Waals surface area contributed by atoms with Crippen LogP contribution in [0.4, 0.5) is 10.6 Å². The second kappa shape index (κ2) is 8.47. The molecule has 3 rings (SSSR count). The van der Waals surface area contributed by atoms with Gasteiger partial charge >= 0.3 is 12.1 Å².